The molecule has 4 aliphatic rings. The number of allylic oxidation sites excluding steroid dienone is 1. The van der Waals surface area contributed by atoms with Gasteiger partial charge in [0.25, 0.3) is 11.5 Å². The topological polar surface area (TPSA) is 101 Å². The maximum atomic E-state index is 13.5. The van der Waals surface area contributed by atoms with Gasteiger partial charge in [-0.25, -0.2) is 8.78 Å². The standard InChI is InChI=1S/C25H30F2N8O/c1-32-19(34-8-2-3-16(34)10-33-12-25(26,27)13-33)9-18(31-32)17-11-35(22(14-4-5-14)15-6-7-15)24(36)20-21(17)29-30-23(20)28/h9-11,14-15,22H,2-8,12-13H2,1H3,(H3,28,29,30)/b16-10+. The van der Waals surface area contributed by atoms with E-state index in [4.69, 9.17) is 10.8 Å². The first-order chi connectivity index (χ1) is 17.3. The maximum Gasteiger partial charge on any atom is 0.282 e. The lowest BCUT2D eigenvalue weighted by Gasteiger charge is -2.38. The molecule has 9 nitrogen and oxygen atoms in total. The number of aryl methyl sites for hydroxylation is 1. The number of halogens is 2. The van der Waals surface area contributed by atoms with Crippen molar-refractivity contribution in [2.45, 2.75) is 50.5 Å². The SMILES string of the molecule is Cn1nc(-c2cn(C(C3CC3)C3CC3)c(=O)c3c(N)n[nH]c23)cc1N1CCC/C1=C\N1CC(F)(F)C1. The molecule has 190 valence electrons. The Morgan fingerprint density at radius 1 is 1.22 bits per heavy atom. The Morgan fingerprint density at radius 2 is 1.94 bits per heavy atom. The van der Waals surface area contributed by atoms with Crippen LogP contribution in [0.25, 0.3) is 22.2 Å². The first kappa shape index (κ1) is 21.9. The number of aromatic nitrogens is 5. The average molecular weight is 497 g/mol. The Morgan fingerprint density at radius 3 is 2.61 bits per heavy atom. The highest BCUT2D eigenvalue weighted by molar-refractivity contribution is 5.97. The van der Waals surface area contributed by atoms with Gasteiger partial charge < -0.3 is 20.1 Å². The van der Waals surface area contributed by atoms with E-state index in [1.165, 1.54) is 0 Å². The molecule has 3 aromatic heterocycles. The minimum atomic E-state index is -2.60. The van der Waals surface area contributed by atoms with E-state index in [1.807, 2.05) is 34.8 Å². The Labute approximate surface area is 206 Å². The summed E-state index contributed by atoms with van der Waals surface area (Å²) in [5, 5.41) is 12.4. The molecule has 0 unspecified atom stereocenters. The molecule has 36 heavy (non-hydrogen) atoms. The number of H-pyrrole nitrogens is 1. The monoisotopic (exact) mass is 496 g/mol. The van der Waals surface area contributed by atoms with Crippen LogP contribution in [0, 0.1) is 11.8 Å². The van der Waals surface area contributed by atoms with Crippen LogP contribution in [0.4, 0.5) is 20.4 Å². The van der Waals surface area contributed by atoms with Gasteiger partial charge in [0.15, 0.2) is 5.82 Å². The van der Waals surface area contributed by atoms with Crippen molar-refractivity contribution in [3.8, 4) is 11.3 Å². The van der Waals surface area contributed by atoms with E-state index >= 15 is 0 Å². The second-order valence-electron chi connectivity index (χ2n) is 10.9. The van der Waals surface area contributed by atoms with Crippen LogP contribution >= 0.6 is 0 Å². The Bertz CT molecular complexity index is 1420. The molecule has 2 saturated carbocycles. The van der Waals surface area contributed by atoms with Gasteiger partial charge in [-0.05, 0) is 50.4 Å². The Hall–Kier alpha value is -3.37. The zero-order chi connectivity index (χ0) is 24.8. The van der Waals surface area contributed by atoms with Crippen LogP contribution in [0.5, 0.6) is 0 Å². The number of likely N-dealkylation sites (tertiary alicyclic amines) is 1. The molecule has 2 aliphatic carbocycles. The second-order valence-corrected chi connectivity index (χ2v) is 10.9. The molecule has 0 amide bonds. The molecule has 3 N–H and O–H groups in total. The average Bonchev–Trinajstić information content (AvgIpc) is 3.71. The van der Waals surface area contributed by atoms with Gasteiger partial charge >= 0.3 is 0 Å². The van der Waals surface area contributed by atoms with Crippen molar-refractivity contribution in [3.63, 3.8) is 0 Å². The van der Waals surface area contributed by atoms with E-state index < -0.39 is 5.92 Å². The van der Waals surface area contributed by atoms with Crippen LogP contribution < -0.4 is 16.2 Å². The number of pyridine rings is 1. The van der Waals surface area contributed by atoms with E-state index in [0.717, 1.165) is 67.8 Å². The molecule has 11 heteroatoms. The third-order valence-corrected chi connectivity index (χ3v) is 8.08. The third-order valence-electron chi connectivity index (χ3n) is 8.08. The highest BCUT2D eigenvalue weighted by Crippen LogP contribution is 2.52. The van der Waals surface area contributed by atoms with Crippen molar-refractivity contribution in [3.05, 3.63) is 34.5 Å². The van der Waals surface area contributed by atoms with Gasteiger partial charge in [-0.3, -0.25) is 14.6 Å². The number of nitrogens with two attached hydrogens (primary N) is 1. The molecule has 0 aromatic carbocycles. The molecular formula is C25H30F2N8O. The number of anilines is 2. The van der Waals surface area contributed by atoms with Crippen LogP contribution in [0.3, 0.4) is 0 Å². The summed E-state index contributed by atoms with van der Waals surface area (Å²) in [6.07, 6.45) is 10.2. The zero-order valence-corrected chi connectivity index (χ0v) is 20.3. The van der Waals surface area contributed by atoms with Crippen molar-refractivity contribution < 1.29 is 8.78 Å². The van der Waals surface area contributed by atoms with Gasteiger partial charge in [0.2, 0.25) is 0 Å². The van der Waals surface area contributed by atoms with Crippen molar-refractivity contribution in [2.24, 2.45) is 18.9 Å². The molecule has 7 rings (SSSR count). The molecule has 4 fully saturated rings. The number of hydrogen-bond donors (Lipinski definition) is 2. The lowest BCUT2D eigenvalue weighted by molar-refractivity contribution is -0.111. The summed E-state index contributed by atoms with van der Waals surface area (Å²) in [6.45, 7) is 0.336. The number of nitrogens with one attached hydrogen (secondary N) is 1. The van der Waals surface area contributed by atoms with Gasteiger partial charge in [-0.2, -0.15) is 10.2 Å². The molecule has 5 heterocycles. The fraction of sp³-hybridized carbons (Fsp3) is 0.560. The second kappa shape index (κ2) is 7.57. The van der Waals surface area contributed by atoms with Gasteiger partial charge in [-0.15, -0.1) is 0 Å². The zero-order valence-electron chi connectivity index (χ0n) is 20.3. The number of rotatable bonds is 6. The van der Waals surface area contributed by atoms with Crippen LogP contribution in [-0.4, -0.2) is 55.0 Å². The predicted molar refractivity (Wildman–Crippen MR) is 133 cm³/mol. The van der Waals surface area contributed by atoms with Gasteiger partial charge in [0, 0.05) is 49.4 Å². The highest BCUT2D eigenvalue weighted by Gasteiger charge is 2.44. The molecule has 3 aromatic rings. The van der Waals surface area contributed by atoms with E-state index in [1.54, 1.807) is 4.90 Å². The summed E-state index contributed by atoms with van der Waals surface area (Å²) in [6, 6.07) is 2.20. The van der Waals surface area contributed by atoms with Crippen LogP contribution in [0.15, 0.2) is 29.0 Å². The minimum absolute atomic E-state index is 0.0870. The lowest BCUT2D eigenvalue weighted by Crippen LogP contribution is -2.53. The first-order valence-electron chi connectivity index (χ1n) is 12.8. The molecule has 0 atom stereocenters. The van der Waals surface area contributed by atoms with Crippen LogP contribution in [-0.2, 0) is 7.05 Å². The fourth-order valence-corrected chi connectivity index (χ4v) is 6.07. The fourth-order valence-electron chi connectivity index (χ4n) is 6.07. The van der Waals surface area contributed by atoms with E-state index in [2.05, 4.69) is 15.1 Å². The molecule has 2 saturated heterocycles. The van der Waals surface area contributed by atoms with Crippen LogP contribution in [0.1, 0.15) is 44.6 Å². The van der Waals surface area contributed by atoms with Gasteiger partial charge in [0.05, 0.1) is 24.3 Å². The lowest BCUT2D eigenvalue weighted by atomic mass is 10.0. The summed E-state index contributed by atoms with van der Waals surface area (Å²) >= 11 is 0. The number of fused-ring (bicyclic) bond motifs is 1. The molecule has 0 spiro atoms. The number of aromatic amines is 1. The normalized spacial score (nSPS) is 22.8. The summed E-state index contributed by atoms with van der Waals surface area (Å²) in [5.74, 6) is -0.416. The Kier molecular flexibility index (Phi) is 4.60. The van der Waals surface area contributed by atoms with E-state index in [-0.39, 0.29) is 30.5 Å². The van der Waals surface area contributed by atoms with Crippen molar-refractivity contribution >= 4 is 22.5 Å². The number of alkyl halides is 2. The van der Waals surface area contributed by atoms with Crippen molar-refractivity contribution in [1.82, 2.24) is 29.4 Å². The quantitative estimate of drug-likeness (QED) is 0.542. The van der Waals surface area contributed by atoms with E-state index in [0.29, 0.717) is 22.7 Å². The first-order valence-corrected chi connectivity index (χ1v) is 12.8. The molecule has 0 radical (unpaired) electrons. The third kappa shape index (κ3) is 3.50. The van der Waals surface area contributed by atoms with Crippen LogP contribution in [0.2, 0.25) is 0 Å². The molecule has 2 aliphatic heterocycles. The maximum absolute atomic E-state index is 13.5. The number of nitrogens with zero attached hydrogens (tertiary/aromatic N) is 6. The number of nitrogen functional groups attached to an aromatic ring is 1. The predicted octanol–water partition coefficient (Wildman–Crippen LogP) is 3.46. The van der Waals surface area contributed by atoms with Gasteiger partial charge in [-0.1, -0.05) is 0 Å². The summed E-state index contributed by atoms with van der Waals surface area (Å²) in [4.78, 5) is 17.4. The van der Waals surface area contributed by atoms with Crippen molar-refractivity contribution in [1.29, 1.82) is 0 Å². The number of hydrogen-bond acceptors (Lipinski definition) is 6. The van der Waals surface area contributed by atoms with E-state index in [9.17, 15) is 13.6 Å². The minimum Gasteiger partial charge on any atom is -0.382 e. The molecular weight excluding hydrogens is 466 g/mol. The smallest absolute Gasteiger partial charge is 0.282 e. The van der Waals surface area contributed by atoms with Gasteiger partial charge in [0.1, 0.15) is 11.2 Å². The largest absolute Gasteiger partial charge is 0.382 e. The Balaban J connectivity index is 1.30. The van der Waals surface area contributed by atoms with Crippen molar-refractivity contribution in [2.75, 3.05) is 30.3 Å². The summed E-state index contributed by atoms with van der Waals surface area (Å²) in [7, 11) is 1.89. The summed E-state index contributed by atoms with van der Waals surface area (Å²) in [5.41, 5.74) is 9.21. The highest BCUT2D eigenvalue weighted by atomic mass is 19.3. The molecule has 0 bridgehead atoms. The summed E-state index contributed by atoms with van der Waals surface area (Å²) < 4.78 is 30.4.